The molecule has 0 aliphatic rings. The molecule has 28 heavy (non-hydrogen) atoms. The van der Waals surface area contributed by atoms with Crippen LogP contribution in [0.15, 0.2) is 40.7 Å². The second-order valence-corrected chi connectivity index (χ2v) is 9.33. The highest BCUT2D eigenvalue weighted by Crippen LogP contribution is 2.32. The Morgan fingerprint density at radius 1 is 1.00 bits per heavy atom. The van der Waals surface area contributed by atoms with Crippen LogP contribution in [0.25, 0.3) is 0 Å². The third-order valence-corrected chi connectivity index (χ3v) is 6.65. The van der Waals surface area contributed by atoms with Crippen LogP contribution in [0, 0.1) is 27.7 Å². The number of hydrogen-bond acceptors (Lipinski definition) is 6. The standard InChI is InChI=1S/C21H24N4OS2/c1-12-8-7-11-17(15(12)4)22-20-24-25-21(28-20)27-16(5)19(26)23-18-13(2)9-6-10-14(18)3/h6-11,16H,1-5H3,(H,22,24)(H,23,26). The van der Waals surface area contributed by atoms with Crippen molar-refractivity contribution in [1.29, 1.82) is 0 Å². The number of rotatable bonds is 6. The Morgan fingerprint density at radius 2 is 1.64 bits per heavy atom. The molecule has 1 atom stereocenters. The second-order valence-electron chi connectivity index (χ2n) is 6.76. The normalized spacial score (nSPS) is 11.9. The van der Waals surface area contributed by atoms with Gasteiger partial charge in [-0.3, -0.25) is 4.79 Å². The molecule has 3 aromatic rings. The van der Waals surface area contributed by atoms with Gasteiger partial charge in [0.15, 0.2) is 4.34 Å². The van der Waals surface area contributed by atoms with Crippen LogP contribution in [0.3, 0.4) is 0 Å². The Hall–Kier alpha value is -2.38. The Kier molecular flexibility index (Phi) is 6.36. The van der Waals surface area contributed by atoms with Gasteiger partial charge in [-0.25, -0.2) is 0 Å². The first-order valence-electron chi connectivity index (χ1n) is 9.05. The number of thioether (sulfide) groups is 1. The van der Waals surface area contributed by atoms with Gasteiger partial charge >= 0.3 is 0 Å². The number of benzene rings is 2. The van der Waals surface area contributed by atoms with Gasteiger partial charge in [0.1, 0.15) is 0 Å². The van der Waals surface area contributed by atoms with E-state index >= 15 is 0 Å². The summed E-state index contributed by atoms with van der Waals surface area (Å²) in [5.74, 6) is -0.0402. The van der Waals surface area contributed by atoms with E-state index in [1.165, 1.54) is 34.2 Å². The van der Waals surface area contributed by atoms with Crippen molar-refractivity contribution >= 4 is 45.5 Å². The summed E-state index contributed by atoms with van der Waals surface area (Å²) in [6.07, 6.45) is 0. The van der Waals surface area contributed by atoms with E-state index < -0.39 is 0 Å². The molecule has 0 saturated heterocycles. The molecule has 1 amide bonds. The first-order chi connectivity index (χ1) is 13.3. The molecule has 2 aromatic carbocycles. The number of carbonyl (C=O) groups excluding carboxylic acids is 1. The fourth-order valence-corrected chi connectivity index (χ4v) is 4.66. The lowest BCUT2D eigenvalue weighted by molar-refractivity contribution is -0.115. The maximum absolute atomic E-state index is 12.6. The molecule has 7 heteroatoms. The fourth-order valence-electron chi connectivity index (χ4n) is 2.75. The van der Waals surface area contributed by atoms with Crippen molar-refractivity contribution in [3.8, 4) is 0 Å². The maximum Gasteiger partial charge on any atom is 0.237 e. The molecule has 146 valence electrons. The minimum Gasteiger partial charge on any atom is -0.330 e. The summed E-state index contributed by atoms with van der Waals surface area (Å²) in [7, 11) is 0. The molecular formula is C21H24N4OS2. The minimum atomic E-state index is -0.277. The largest absolute Gasteiger partial charge is 0.330 e. The van der Waals surface area contributed by atoms with Gasteiger partial charge in [0.2, 0.25) is 11.0 Å². The Balaban J connectivity index is 1.64. The Labute approximate surface area is 174 Å². The van der Waals surface area contributed by atoms with Gasteiger partial charge in [0, 0.05) is 11.4 Å². The summed E-state index contributed by atoms with van der Waals surface area (Å²) in [4.78, 5) is 12.6. The first-order valence-corrected chi connectivity index (χ1v) is 10.7. The van der Waals surface area contributed by atoms with Crippen molar-refractivity contribution in [2.45, 2.75) is 44.2 Å². The number of anilines is 3. The molecule has 0 aliphatic carbocycles. The minimum absolute atomic E-state index is 0.0402. The van der Waals surface area contributed by atoms with Crippen molar-refractivity contribution in [2.75, 3.05) is 10.6 Å². The van der Waals surface area contributed by atoms with E-state index in [2.05, 4.69) is 40.7 Å². The lowest BCUT2D eigenvalue weighted by atomic mass is 10.1. The van der Waals surface area contributed by atoms with Crippen LogP contribution in [0.1, 0.15) is 29.2 Å². The second kappa shape index (κ2) is 8.75. The van der Waals surface area contributed by atoms with Crippen LogP contribution in [-0.2, 0) is 4.79 Å². The number of carbonyl (C=O) groups is 1. The van der Waals surface area contributed by atoms with E-state index in [1.54, 1.807) is 0 Å². The highest BCUT2D eigenvalue weighted by atomic mass is 32.2. The number of nitrogens with one attached hydrogen (secondary N) is 2. The van der Waals surface area contributed by atoms with Gasteiger partial charge in [-0.2, -0.15) is 0 Å². The van der Waals surface area contributed by atoms with E-state index in [1.807, 2.05) is 51.1 Å². The molecular weight excluding hydrogens is 388 g/mol. The Morgan fingerprint density at radius 3 is 2.36 bits per heavy atom. The number of aryl methyl sites for hydroxylation is 3. The first kappa shape index (κ1) is 20.4. The summed E-state index contributed by atoms with van der Waals surface area (Å²) in [6.45, 7) is 10.0. The van der Waals surface area contributed by atoms with E-state index in [4.69, 9.17) is 0 Å². The molecule has 0 aliphatic heterocycles. The predicted molar refractivity (Wildman–Crippen MR) is 119 cm³/mol. The zero-order valence-corrected chi connectivity index (χ0v) is 18.3. The summed E-state index contributed by atoms with van der Waals surface area (Å²) in [5, 5.41) is 15.2. The van der Waals surface area contributed by atoms with Gasteiger partial charge in [-0.05, 0) is 62.9 Å². The average molecular weight is 413 g/mol. The highest BCUT2D eigenvalue weighted by molar-refractivity contribution is 8.02. The molecule has 0 radical (unpaired) electrons. The van der Waals surface area contributed by atoms with Gasteiger partial charge in [-0.1, -0.05) is 53.4 Å². The molecule has 0 spiro atoms. The zero-order valence-electron chi connectivity index (χ0n) is 16.7. The summed E-state index contributed by atoms with van der Waals surface area (Å²) in [6, 6.07) is 12.1. The molecule has 1 unspecified atom stereocenters. The average Bonchev–Trinajstić information content (AvgIpc) is 3.09. The van der Waals surface area contributed by atoms with Crippen LogP contribution in [0.4, 0.5) is 16.5 Å². The van der Waals surface area contributed by atoms with Gasteiger partial charge in [0.25, 0.3) is 0 Å². The quantitative estimate of drug-likeness (QED) is 0.513. The summed E-state index contributed by atoms with van der Waals surface area (Å²) < 4.78 is 0.761. The monoisotopic (exact) mass is 412 g/mol. The molecule has 0 fully saturated rings. The predicted octanol–water partition coefficient (Wildman–Crippen LogP) is 5.63. The SMILES string of the molecule is Cc1cccc(Nc2nnc(SC(C)C(=O)Nc3c(C)cccc3C)s2)c1C. The maximum atomic E-state index is 12.6. The molecule has 0 saturated carbocycles. The van der Waals surface area contributed by atoms with Gasteiger partial charge in [-0.15, -0.1) is 10.2 Å². The van der Waals surface area contributed by atoms with E-state index in [0.717, 1.165) is 32.0 Å². The third kappa shape index (κ3) is 4.72. The lowest BCUT2D eigenvalue weighted by Gasteiger charge is -2.14. The fraction of sp³-hybridized carbons (Fsp3) is 0.286. The molecule has 5 nitrogen and oxygen atoms in total. The number of hydrogen-bond donors (Lipinski definition) is 2. The van der Waals surface area contributed by atoms with E-state index in [-0.39, 0.29) is 11.2 Å². The van der Waals surface area contributed by atoms with Crippen molar-refractivity contribution in [3.63, 3.8) is 0 Å². The molecule has 1 heterocycles. The molecule has 0 bridgehead atoms. The third-order valence-electron chi connectivity index (χ3n) is 4.63. The van der Waals surface area contributed by atoms with Crippen molar-refractivity contribution in [3.05, 3.63) is 58.7 Å². The van der Waals surface area contributed by atoms with E-state index in [9.17, 15) is 4.79 Å². The number of aromatic nitrogens is 2. The Bertz CT molecular complexity index is 980. The number of amides is 1. The highest BCUT2D eigenvalue weighted by Gasteiger charge is 2.19. The lowest BCUT2D eigenvalue weighted by Crippen LogP contribution is -2.23. The van der Waals surface area contributed by atoms with Crippen molar-refractivity contribution in [1.82, 2.24) is 10.2 Å². The van der Waals surface area contributed by atoms with Crippen LogP contribution in [-0.4, -0.2) is 21.4 Å². The van der Waals surface area contributed by atoms with Gasteiger partial charge in [0.05, 0.1) is 5.25 Å². The summed E-state index contributed by atoms with van der Waals surface area (Å²) >= 11 is 2.86. The van der Waals surface area contributed by atoms with Crippen LogP contribution in [0.5, 0.6) is 0 Å². The molecule has 2 N–H and O–H groups in total. The smallest absolute Gasteiger partial charge is 0.237 e. The van der Waals surface area contributed by atoms with Crippen molar-refractivity contribution < 1.29 is 4.79 Å². The zero-order chi connectivity index (χ0) is 20.3. The van der Waals surface area contributed by atoms with E-state index in [0.29, 0.717) is 0 Å². The summed E-state index contributed by atoms with van der Waals surface area (Å²) in [5.41, 5.74) is 6.43. The van der Waals surface area contributed by atoms with Crippen LogP contribution >= 0.6 is 23.1 Å². The van der Waals surface area contributed by atoms with Crippen LogP contribution < -0.4 is 10.6 Å². The number of para-hydroxylation sites is 1. The number of nitrogens with zero attached hydrogens (tertiary/aromatic N) is 2. The topological polar surface area (TPSA) is 66.9 Å². The van der Waals surface area contributed by atoms with Crippen LogP contribution in [0.2, 0.25) is 0 Å². The van der Waals surface area contributed by atoms with Crippen molar-refractivity contribution in [2.24, 2.45) is 0 Å². The molecule has 1 aromatic heterocycles. The molecule has 3 rings (SSSR count). The van der Waals surface area contributed by atoms with Gasteiger partial charge < -0.3 is 10.6 Å².